The maximum atomic E-state index is 12.5. The fraction of sp³-hybridized carbons (Fsp3) is 0.524. The lowest BCUT2D eigenvalue weighted by Gasteiger charge is -2.28. The molecule has 28 heavy (non-hydrogen) atoms. The SMILES string of the molecule is COC(=O)/C(Cc1ccc(OCCN)cc1)=C(\C(=O)OC)C1CCC(O)CC1. The van der Waals surface area contributed by atoms with Crippen LogP contribution in [0.5, 0.6) is 5.75 Å². The Balaban J connectivity index is 2.34. The first-order valence-electron chi connectivity index (χ1n) is 9.49. The fourth-order valence-corrected chi connectivity index (χ4v) is 3.50. The number of ether oxygens (including phenoxy) is 3. The zero-order valence-corrected chi connectivity index (χ0v) is 16.5. The second-order valence-electron chi connectivity index (χ2n) is 6.84. The average Bonchev–Trinajstić information content (AvgIpc) is 2.73. The highest BCUT2D eigenvalue weighted by Gasteiger charge is 2.32. The number of esters is 2. The van der Waals surface area contributed by atoms with Crippen LogP contribution in [0, 0.1) is 5.92 Å². The van der Waals surface area contributed by atoms with Crippen LogP contribution >= 0.6 is 0 Å². The van der Waals surface area contributed by atoms with Gasteiger partial charge in [0.1, 0.15) is 12.4 Å². The zero-order chi connectivity index (χ0) is 20.5. The highest BCUT2D eigenvalue weighted by Crippen LogP contribution is 2.33. The molecule has 0 unspecified atom stereocenters. The average molecular weight is 391 g/mol. The first kappa shape index (κ1) is 21.9. The molecule has 154 valence electrons. The van der Waals surface area contributed by atoms with Gasteiger partial charge in [0.2, 0.25) is 0 Å². The minimum atomic E-state index is -0.546. The molecular weight excluding hydrogens is 362 g/mol. The van der Waals surface area contributed by atoms with E-state index in [1.165, 1.54) is 14.2 Å². The molecule has 2 rings (SSSR count). The topological polar surface area (TPSA) is 108 Å². The molecule has 0 radical (unpaired) electrons. The minimum Gasteiger partial charge on any atom is -0.492 e. The molecule has 0 amide bonds. The van der Waals surface area contributed by atoms with Gasteiger partial charge >= 0.3 is 11.9 Å². The number of hydrogen-bond donors (Lipinski definition) is 2. The third kappa shape index (κ3) is 5.81. The lowest BCUT2D eigenvalue weighted by Crippen LogP contribution is -2.27. The third-order valence-corrected chi connectivity index (χ3v) is 4.96. The van der Waals surface area contributed by atoms with E-state index in [1.54, 1.807) is 12.1 Å². The van der Waals surface area contributed by atoms with Gasteiger partial charge in [0.25, 0.3) is 0 Å². The van der Waals surface area contributed by atoms with Crippen molar-refractivity contribution in [1.29, 1.82) is 0 Å². The molecule has 1 aromatic carbocycles. The molecule has 1 aromatic rings. The molecule has 0 aromatic heterocycles. The van der Waals surface area contributed by atoms with Gasteiger partial charge < -0.3 is 25.1 Å². The summed E-state index contributed by atoms with van der Waals surface area (Å²) in [4.78, 5) is 25.1. The number of rotatable bonds is 8. The van der Waals surface area contributed by atoms with Gasteiger partial charge in [-0.25, -0.2) is 9.59 Å². The van der Waals surface area contributed by atoms with Crippen molar-refractivity contribution >= 4 is 11.9 Å². The highest BCUT2D eigenvalue weighted by atomic mass is 16.5. The molecule has 0 heterocycles. The van der Waals surface area contributed by atoms with E-state index < -0.39 is 11.9 Å². The van der Waals surface area contributed by atoms with Gasteiger partial charge in [-0.2, -0.15) is 0 Å². The largest absolute Gasteiger partial charge is 0.492 e. The standard InChI is InChI=1S/C21H29NO6/c1-26-20(24)18(13-14-3-9-17(10-4-14)28-12-11-22)19(21(25)27-2)15-5-7-16(23)8-6-15/h3-4,9-10,15-16,23H,5-8,11-13,22H2,1-2H3/b19-18-. The molecule has 0 bridgehead atoms. The van der Waals surface area contributed by atoms with Crippen LogP contribution in [0.3, 0.4) is 0 Å². The van der Waals surface area contributed by atoms with Crippen LogP contribution in [0.25, 0.3) is 0 Å². The van der Waals surface area contributed by atoms with Gasteiger partial charge in [0, 0.05) is 13.0 Å². The molecule has 3 N–H and O–H groups in total. The van der Waals surface area contributed by atoms with Crippen LogP contribution in [0.15, 0.2) is 35.4 Å². The Hall–Kier alpha value is -2.38. The van der Waals surface area contributed by atoms with Crippen LogP contribution in [-0.4, -0.2) is 50.5 Å². The predicted octanol–water partition coefficient (Wildman–Crippen LogP) is 1.76. The Labute approximate surface area is 165 Å². The summed E-state index contributed by atoms with van der Waals surface area (Å²) in [5.74, 6) is -0.524. The van der Waals surface area contributed by atoms with Crippen molar-refractivity contribution in [2.24, 2.45) is 11.7 Å². The normalized spacial score (nSPS) is 20.1. The van der Waals surface area contributed by atoms with Gasteiger partial charge in [0.15, 0.2) is 0 Å². The number of benzene rings is 1. The van der Waals surface area contributed by atoms with Gasteiger partial charge in [-0.3, -0.25) is 0 Å². The number of methoxy groups -OCH3 is 2. The Morgan fingerprint density at radius 3 is 2.18 bits per heavy atom. The van der Waals surface area contributed by atoms with Crippen LogP contribution < -0.4 is 10.5 Å². The van der Waals surface area contributed by atoms with Gasteiger partial charge in [-0.1, -0.05) is 12.1 Å². The van der Waals surface area contributed by atoms with Crippen molar-refractivity contribution in [1.82, 2.24) is 0 Å². The number of hydrogen-bond acceptors (Lipinski definition) is 7. The van der Waals surface area contributed by atoms with Crippen molar-refractivity contribution < 1.29 is 28.9 Å². The highest BCUT2D eigenvalue weighted by molar-refractivity contribution is 6.01. The predicted molar refractivity (Wildman–Crippen MR) is 104 cm³/mol. The summed E-state index contributed by atoms with van der Waals surface area (Å²) < 4.78 is 15.4. The Kier molecular flexibility index (Phi) is 8.47. The van der Waals surface area contributed by atoms with Crippen LogP contribution in [0.1, 0.15) is 31.2 Å². The van der Waals surface area contributed by atoms with Crippen LogP contribution in [0.4, 0.5) is 0 Å². The van der Waals surface area contributed by atoms with E-state index in [1.807, 2.05) is 12.1 Å². The van der Waals surface area contributed by atoms with Crippen LogP contribution in [0.2, 0.25) is 0 Å². The molecule has 1 fully saturated rings. The first-order valence-corrected chi connectivity index (χ1v) is 9.49. The number of aliphatic hydroxyl groups is 1. The molecule has 1 aliphatic rings. The molecule has 7 nitrogen and oxygen atoms in total. The Morgan fingerprint density at radius 2 is 1.64 bits per heavy atom. The fourth-order valence-electron chi connectivity index (χ4n) is 3.50. The summed E-state index contributed by atoms with van der Waals surface area (Å²) >= 11 is 0. The molecule has 0 saturated heterocycles. The number of nitrogens with two attached hydrogens (primary N) is 1. The maximum absolute atomic E-state index is 12.5. The monoisotopic (exact) mass is 391 g/mol. The van der Waals surface area contributed by atoms with E-state index in [-0.39, 0.29) is 18.4 Å². The summed E-state index contributed by atoms with van der Waals surface area (Å²) in [7, 11) is 2.60. The quantitative estimate of drug-likeness (QED) is 0.513. The molecule has 1 aliphatic carbocycles. The molecular formula is C21H29NO6. The number of carbonyl (C=O) groups is 2. The van der Waals surface area contributed by atoms with E-state index in [4.69, 9.17) is 19.9 Å². The van der Waals surface area contributed by atoms with Gasteiger partial charge in [0.05, 0.1) is 31.5 Å². The van der Waals surface area contributed by atoms with E-state index >= 15 is 0 Å². The molecule has 1 saturated carbocycles. The first-order chi connectivity index (χ1) is 13.5. The van der Waals surface area contributed by atoms with Gasteiger partial charge in [-0.15, -0.1) is 0 Å². The summed E-state index contributed by atoms with van der Waals surface area (Å²) in [5, 5.41) is 9.78. The second-order valence-corrected chi connectivity index (χ2v) is 6.84. The van der Waals surface area contributed by atoms with E-state index in [9.17, 15) is 14.7 Å². The van der Waals surface area contributed by atoms with Crippen LogP contribution in [-0.2, 0) is 25.5 Å². The van der Waals surface area contributed by atoms with Gasteiger partial charge in [-0.05, 0) is 49.3 Å². The number of carbonyl (C=O) groups excluding carboxylic acids is 2. The van der Waals surface area contributed by atoms with E-state index in [2.05, 4.69) is 0 Å². The second kappa shape index (κ2) is 10.8. The molecule has 0 aliphatic heterocycles. The Morgan fingerprint density at radius 1 is 1.04 bits per heavy atom. The Bertz CT molecular complexity index is 689. The number of aliphatic hydroxyl groups excluding tert-OH is 1. The van der Waals surface area contributed by atoms with Crippen molar-refractivity contribution in [3.63, 3.8) is 0 Å². The molecule has 7 heteroatoms. The maximum Gasteiger partial charge on any atom is 0.334 e. The van der Waals surface area contributed by atoms with E-state index in [0.29, 0.717) is 55.7 Å². The lowest BCUT2D eigenvalue weighted by molar-refractivity contribution is -0.140. The van der Waals surface area contributed by atoms with Crippen molar-refractivity contribution in [2.45, 2.75) is 38.2 Å². The smallest absolute Gasteiger partial charge is 0.334 e. The summed E-state index contributed by atoms with van der Waals surface area (Å²) in [5.41, 5.74) is 6.93. The molecule has 0 spiro atoms. The third-order valence-electron chi connectivity index (χ3n) is 4.96. The summed E-state index contributed by atoms with van der Waals surface area (Å²) in [6.45, 7) is 0.849. The van der Waals surface area contributed by atoms with Crippen molar-refractivity contribution in [3.8, 4) is 5.75 Å². The van der Waals surface area contributed by atoms with E-state index in [0.717, 1.165) is 5.56 Å². The zero-order valence-electron chi connectivity index (χ0n) is 16.5. The molecule has 0 atom stereocenters. The van der Waals surface area contributed by atoms with Crippen molar-refractivity contribution in [2.75, 3.05) is 27.4 Å². The lowest BCUT2D eigenvalue weighted by atomic mass is 9.79. The van der Waals surface area contributed by atoms with Crippen molar-refractivity contribution in [3.05, 3.63) is 41.0 Å². The minimum absolute atomic E-state index is 0.142. The summed E-state index contributed by atoms with van der Waals surface area (Å²) in [6.07, 6.45) is 2.31. The summed E-state index contributed by atoms with van der Waals surface area (Å²) in [6, 6.07) is 7.28.